The van der Waals surface area contributed by atoms with E-state index >= 15 is 0 Å². The van der Waals surface area contributed by atoms with Gasteiger partial charge in [-0.15, -0.1) is 24.8 Å². The van der Waals surface area contributed by atoms with Crippen molar-refractivity contribution in [3.05, 3.63) is 63.6 Å². The van der Waals surface area contributed by atoms with Gasteiger partial charge < -0.3 is 10.2 Å². The molecule has 0 unspecified atom stereocenters. The largest absolute Gasteiger partial charge is 0.348 e. The first-order chi connectivity index (χ1) is 12.9. The summed E-state index contributed by atoms with van der Waals surface area (Å²) in [7, 11) is 0. The number of nitrogens with zero attached hydrogens (tertiary/aromatic N) is 3. The number of benzene rings is 1. The highest BCUT2D eigenvalue weighted by Crippen LogP contribution is 2.42. The van der Waals surface area contributed by atoms with Crippen molar-refractivity contribution in [2.45, 2.75) is 26.4 Å². The highest BCUT2D eigenvalue weighted by Gasteiger charge is 2.46. The highest BCUT2D eigenvalue weighted by atomic mass is 35.5. The summed E-state index contributed by atoms with van der Waals surface area (Å²) in [5, 5.41) is 3.38. The fourth-order valence-electron chi connectivity index (χ4n) is 4.49. The van der Waals surface area contributed by atoms with Crippen LogP contribution in [0.25, 0.3) is 0 Å². The van der Waals surface area contributed by atoms with Crippen molar-refractivity contribution in [3.63, 3.8) is 0 Å². The summed E-state index contributed by atoms with van der Waals surface area (Å²) >= 11 is 0. The number of fused-ring (bicyclic) bond motifs is 1. The Morgan fingerprint density at radius 3 is 2.69 bits per heavy atom. The number of likely N-dealkylation sites (tertiary alicyclic amines) is 1. The second-order valence-corrected chi connectivity index (χ2v) is 7.54. The minimum atomic E-state index is -0.413. The fraction of sp³-hybridized carbons (Fsp3) is 0.450. The van der Waals surface area contributed by atoms with Gasteiger partial charge in [0, 0.05) is 36.9 Å². The van der Waals surface area contributed by atoms with E-state index in [1.165, 1.54) is 16.7 Å². The van der Waals surface area contributed by atoms with Gasteiger partial charge in [-0.05, 0) is 43.5 Å². The predicted octanol–water partition coefficient (Wildman–Crippen LogP) is 2.26. The molecule has 2 fully saturated rings. The summed E-state index contributed by atoms with van der Waals surface area (Å²) < 4.78 is 15.2. The van der Waals surface area contributed by atoms with Crippen molar-refractivity contribution in [1.29, 1.82) is 0 Å². The van der Waals surface area contributed by atoms with Gasteiger partial charge in [-0.25, -0.2) is 9.18 Å². The van der Waals surface area contributed by atoms with E-state index in [9.17, 15) is 14.0 Å². The minimum Gasteiger partial charge on any atom is -0.333 e. The zero-order chi connectivity index (χ0) is 19.1. The molecule has 0 bridgehead atoms. The molecule has 0 aliphatic carbocycles. The number of aromatic nitrogens is 2. The van der Waals surface area contributed by atoms with Crippen molar-refractivity contribution in [1.82, 2.24) is 19.8 Å². The Labute approximate surface area is 181 Å². The lowest BCUT2D eigenvalue weighted by molar-refractivity contribution is -0.133. The molecule has 3 heterocycles. The molecule has 2 aromatic rings. The number of halogens is 3. The Bertz CT molecular complexity index is 952. The van der Waals surface area contributed by atoms with Gasteiger partial charge in [0.05, 0.1) is 6.04 Å². The normalized spacial score (nSPS) is 22.6. The summed E-state index contributed by atoms with van der Waals surface area (Å²) in [5.74, 6) is 0.166. The molecule has 1 amide bonds. The number of hydrogen-bond donors (Lipinski definition) is 1. The molecule has 1 aromatic carbocycles. The molecule has 0 radical (unpaired) electrons. The average Bonchev–Trinajstić information content (AvgIpc) is 3.18. The fourth-order valence-corrected chi connectivity index (χ4v) is 4.49. The highest BCUT2D eigenvalue weighted by molar-refractivity contribution is 5.85. The quantitative estimate of drug-likeness (QED) is 0.791. The molecule has 158 valence electrons. The Balaban J connectivity index is 0.00000150. The summed E-state index contributed by atoms with van der Waals surface area (Å²) in [6, 6.07) is 8.09. The van der Waals surface area contributed by atoms with Crippen LogP contribution in [0.2, 0.25) is 0 Å². The van der Waals surface area contributed by atoms with Crippen LogP contribution in [0.3, 0.4) is 0 Å². The van der Waals surface area contributed by atoms with Gasteiger partial charge in [0.25, 0.3) is 0 Å². The SMILES string of the molecule is Cc1cc(C)n(CC(=O)N2C[C@@H]3CNC[C@@H]3[C@@H]2c2cccc(F)c2)c(=O)n1.Cl.Cl. The number of rotatable bonds is 3. The van der Waals surface area contributed by atoms with E-state index in [4.69, 9.17) is 0 Å². The summed E-state index contributed by atoms with van der Waals surface area (Å²) in [6.07, 6.45) is 0. The monoisotopic (exact) mass is 442 g/mol. The number of aryl methyl sites for hydroxylation is 2. The zero-order valence-corrected chi connectivity index (χ0v) is 17.9. The second kappa shape index (κ2) is 9.24. The van der Waals surface area contributed by atoms with E-state index < -0.39 is 5.69 Å². The lowest BCUT2D eigenvalue weighted by atomic mass is 9.89. The maximum Gasteiger partial charge on any atom is 0.348 e. The number of carbonyl (C=O) groups is 1. The Morgan fingerprint density at radius 2 is 2.00 bits per heavy atom. The average molecular weight is 443 g/mol. The van der Waals surface area contributed by atoms with E-state index in [2.05, 4.69) is 10.3 Å². The Morgan fingerprint density at radius 1 is 1.24 bits per heavy atom. The molecule has 1 aromatic heterocycles. The lowest BCUT2D eigenvalue weighted by Gasteiger charge is -2.29. The van der Waals surface area contributed by atoms with Crippen LogP contribution < -0.4 is 11.0 Å². The number of hydrogen-bond acceptors (Lipinski definition) is 4. The van der Waals surface area contributed by atoms with Gasteiger partial charge >= 0.3 is 5.69 Å². The number of amides is 1. The molecule has 6 nitrogen and oxygen atoms in total. The van der Waals surface area contributed by atoms with Crippen LogP contribution in [0.1, 0.15) is 23.0 Å². The topological polar surface area (TPSA) is 67.2 Å². The van der Waals surface area contributed by atoms with Crippen molar-refractivity contribution in [2.75, 3.05) is 19.6 Å². The smallest absolute Gasteiger partial charge is 0.333 e. The maximum atomic E-state index is 13.8. The number of carbonyl (C=O) groups excluding carboxylic acids is 1. The molecule has 0 saturated carbocycles. The van der Waals surface area contributed by atoms with E-state index in [1.54, 1.807) is 26.0 Å². The third-order valence-corrected chi connectivity index (χ3v) is 5.71. The van der Waals surface area contributed by atoms with Crippen LogP contribution in [0.5, 0.6) is 0 Å². The van der Waals surface area contributed by atoms with Crippen LogP contribution in [0.4, 0.5) is 4.39 Å². The standard InChI is InChI=1S/C20H23FN4O2.2ClH/c1-12-6-13(2)24(20(27)23-12)11-18(26)25-10-15-8-22-9-17(15)19(25)14-4-3-5-16(21)7-14;;/h3-7,15,17,19,22H,8-11H2,1-2H3;2*1H/t15-,17-,19-;;/m0../s1. The first-order valence-corrected chi connectivity index (χ1v) is 9.25. The Hall–Kier alpha value is -1.96. The van der Waals surface area contributed by atoms with E-state index in [0.29, 0.717) is 23.9 Å². The molecule has 2 aliphatic rings. The lowest BCUT2D eigenvalue weighted by Crippen LogP contribution is -2.39. The van der Waals surface area contributed by atoms with Crippen LogP contribution in [-0.2, 0) is 11.3 Å². The summed E-state index contributed by atoms with van der Waals surface area (Å²) in [6.45, 7) is 5.79. The first kappa shape index (κ1) is 23.3. The molecule has 29 heavy (non-hydrogen) atoms. The second-order valence-electron chi connectivity index (χ2n) is 7.54. The third kappa shape index (κ3) is 4.47. The van der Waals surface area contributed by atoms with Crippen LogP contribution in [-0.4, -0.2) is 40.0 Å². The molecular weight excluding hydrogens is 418 g/mol. The molecule has 1 N–H and O–H groups in total. The van der Waals surface area contributed by atoms with Gasteiger partial charge in [-0.3, -0.25) is 9.36 Å². The van der Waals surface area contributed by atoms with Gasteiger partial charge in [0.1, 0.15) is 12.4 Å². The van der Waals surface area contributed by atoms with Gasteiger partial charge in [0.2, 0.25) is 5.91 Å². The van der Waals surface area contributed by atoms with Crippen LogP contribution in [0, 0.1) is 31.5 Å². The minimum absolute atomic E-state index is 0. The van der Waals surface area contributed by atoms with Crippen molar-refractivity contribution < 1.29 is 9.18 Å². The van der Waals surface area contributed by atoms with Gasteiger partial charge in [-0.1, -0.05) is 12.1 Å². The summed E-state index contributed by atoms with van der Waals surface area (Å²) in [5.41, 5.74) is 1.75. The van der Waals surface area contributed by atoms with E-state index in [-0.39, 0.29) is 55.0 Å². The van der Waals surface area contributed by atoms with Crippen molar-refractivity contribution in [3.8, 4) is 0 Å². The Kier molecular flexibility index (Phi) is 7.43. The third-order valence-electron chi connectivity index (χ3n) is 5.71. The molecular formula is C20H25Cl2FN4O2. The zero-order valence-electron chi connectivity index (χ0n) is 16.3. The number of nitrogens with one attached hydrogen (secondary N) is 1. The predicted molar refractivity (Wildman–Crippen MR) is 113 cm³/mol. The van der Waals surface area contributed by atoms with Crippen molar-refractivity contribution in [2.24, 2.45) is 11.8 Å². The van der Waals surface area contributed by atoms with E-state index in [1.807, 2.05) is 11.0 Å². The molecule has 9 heteroatoms. The van der Waals surface area contributed by atoms with Crippen LogP contribution >= 0.6 is 24.8 Å². The molecule has 2 aliphatic heterocycles. The first-order valence-electron chi connectivity index (χ1n) is 9.25. The molecule has 2 saturated heterocycles. The summed E-state index contributed by atoms with van der Waals surface area (Å²) in [4.78, 5) is 31.1. The van der Waals surface area contributed by atoms with E-state index in [0.717, 1.165) is 18.7 Å². The molecule has 3 atom stereocenters. The van der Waals surface area contributed by atoms with Gasteiger partial charge in [0.15, 0.2) is 0 Å². The maximum absolute atomic E-state index is 13.8. The van der Waals surface area contributed by atoms with Crippen LogP contribution in [0.15, 0.2) is 35.1 Å². The van der Waals surface area contributed by atoms with Gasteiger partial charge in [-0.2, -0.15) is 4.98 Å². The molecule has 0 spiro atoms. The van der Waals surface area contributed by atoms with Crippen molar-refractivity contribution >= 4 is 30.7 Å². The molecule has 4 rings (SSSR count).